The van der Waals surface area contributed by atoms with E-state index in [4.69, 9.17) is 11.5 Å². The second-order valence-electron chi connectivity index (χ2n) is 4.23. The summed E-state index contributed by atoms with van der Waals surface area (Å²) in [5.41, 5.74) is 10.8. The molecule has 0 aromatic carbocycles. The Balaban J connectivity index is 0.000000980. The van der Waals surface area contributed by atoms with Crippen molar-refractivity contribution in [3.8, 4) is 0 Å². The van der Waals surface area contributed by atoms with Crippen LogP contribution in [-0.4, -0.2) is 36.0 Å². The molecule has 2 heterocycles. The highest BCUT2D eigenvalue weighted by Crippen LogP contribution is 2.35. The molecular weight excluding hydrogens is 200 g/mol. The summed E-state index contributed by atoms with van der Waals surface area (Å²) in [7, 11) is 2.22. The molecule has 4 N–H and O–H groups in total. The summed E-state index contributed by atoms with van der Waals surface area (Å²) in [6.07, 6.45) is 4.89. The molecule has 2 unspecified atom stereocenters. The molecule has 0 aromatic heterocycles. The smallest absolute Gasteiger partial charge is 0.186 e. The van der Waals surface area contributed by atoms with Gasteiger partial charge in [-0.25, -0.2) is 0 Å². The normalized spacial score (nSPS) is 36.2. The van der Waals surface area contributed by atoms with E-state index in [1.807, 2.05) is 0 Å². The Bertz CT molecular complexity index is 213. The van der Waals surface area contributed by atoms with Crippen molar-refractivity contribution in [2.24, 2.45) is 16.5 Å². The van der Waals surface area contributed by atoms with Gasteiger partial charge in [0.15, 0.2) is 5.96 Å². The number of aliphatic imine (C=N–C) groups is 1. The molecule has 2 aliphatic rings. The zero-order valence-electron chi connectivity index (χ0n) is 8.52. The fourth-order valence-electron chi connectivity index (χ4n) is 2.70. The van der Waals surface area contributed by atoms with Crippen molar-refractivity contribution in [3.05, 3.63) is 0 Å². The van der Waals surface area contributed by atoms with Gasteiger partial charge in [-0.15, -0.1) is 12.4 Å². The lowest BCUT2D eigenvalue weighted by Gasteiger charge is -2.34. The van der Waals surface area contributed by atoms with Crippen LogP contribution in [0, 0.1) is 0 Å². The van der Waals surface area contributed by atoms with Gasteiger partial charge in [-0.3, -0.25) is 4.99 Å². The number of hydrogen-bond donors (Lipinski definition) is 2. The van der Waals surface area contributed by atoms with Crippen molar-refractivity contribution in [3.63, 3.8) is 0 Å². The third-order valence-corrected chi connectivity index (χ3v) is 3.40. The Morgan fingerprint density at radius 2 is 1.71 bits per heavy atom. The highest BCUT2D eigenvalue weighted by atomic mass is 35.5. The van der Waals surface area contributed by atoms with Crippen molar-refractivity contribution in [2.45, 2.75) is 43.8 Å². The minimum atomic E-state index is 0. The van der Waals surface area contributed by atoms with Gasteiger partial charge >= 0.3 is 0 Å². The molecular formula is C9H19ClN4. The van der Waals surface area contributed by atoms with E-state index in [0.717, 1.165) is 12.8 Å². The number of rotatable bonds is 1. The molecule has 0 radical (unpaired) electrons. The zero-order chi connectivity index (χ0) is 9.42. The number of piperidine rings is 1. The van der Waals surface area contributed by atoms with Gasteiger partial charge in [0, 0.05) is 12.1 Å². The lowest BCUT2D eigenvalue weighted by atomic mass is 9.99. The molecule has 2 bridgehead atoms. The maximum Gasteiger partial charge on any atom is 0.186 e. The van der Waals surface area contributed by atoms with Gasteiger partial charge in [0.1, 0.15) is 0 Å². The SMILES string of the molecule is CN1C2CCC1CC(N=C(N)N)C2.Cl. The molecule has 2 aliphatic heterocycles. The Labute approximate surface area is 91.1 Å². The quantitative estimate of drug-likeness (QED) is 0.492. The summed E-state index contributed by atoms with van der Waals surface area (Å²) in [5.74, 6) is 0.244. The number of guanidine groups is 1. The largest absolute Gasteiger partial charge is 0.370 e. The molecule has 5 heteroatoms. The minimum absolute atomic E-state index is 0. The van der Waals surface area contributed by atoms with E-state index in [9.17, 15) is 0 Å². The highest BCUT2D eigenvalue weighted by molar-refractivity contribution is 5.85. The van der Waals surface area contributed by atoms with Crippen molar-refractivity contribution >= 4 is 18.4 Å². The molecule has 0 spiro atoms. The summed E-state index contributed by atoms with van der Waals surface area (Å²) >= 11 is 0. The summed E-state index contributed by atoms with van der Waals surface area (Å²) in [6.45, 7) is 0. The summed E-state index contributed by atoms with van der Waals surface area (Å²) in [4.78, 5) is 6.74. The molecule has 0 aromatic rings. The number of nitrogens with zero attached hydrogens (tertiary/aromatic N) is 2. The Kier molecular flexibility index (Phi) is 3.61. The van der Waals surface area contributed by atoms with Crippen molar-refractivity contribution in [2.75, 3.05) is 7.05 Å². The first-order valence-electron chi connectivity index (χ1n) is 4.97. The molecule has 2 saturated heterocycles. The van der Waals surface area contributed by atoms with Gasteiger partial charge in [-0.1, -0.05) is 0 Å². The maximum absolute atomic E-state index is 5.38. The number of fused-ring (bicyclic) bond motifs is 2. The molecule has 0 aliphatic carbocycles. The van der Waals surface area contributed by atoms with Gasteiger partial charge in [0.2, 0.25) is 0 Å². The van der Waals surface area contributed by atoms with Crippen LogP contribution in [0.1, 0.15) is 25.7 Å². The molecule has 2 atom stereocenters. The van der Waals surface area contributed by atoms with Crippen LogP contribution in [0.25, 0.3) is 0 Å². The van der Waals surface area contributed by atoms with E-state index in [0.29, 0.717) is 18.1 Å². The van der Waals surface area contributed by atoms with E-state index >= 15 is 0 Å². The first-order chi connectivity index (χ1) is 6.16. The standard InChI is InChI=1S/C9H18N4.ClH/c1-13-7-2-3-8(13)5-6(4-7)12-9(10)11;/h6-8H,2-5H2,1H3,(H4,10,11,12);1H. The third-order valence-electron chi connectivity index (χ3n) is 3.40. The molecule has 2 fully saturated rings. The third kappa shape index (κ3) is 2.12. The minimum Gasteiger partial charge on any atom is -0.370 e. The lowest BCUT2D eigenvalue weighted by molar-refractivity contribution is 0.163. The predicted molar refractivity (Wildman–Crippen MR) is 60.7 cm³/mol. The van der Waals surface area contributed by atoms with Crippen LogP contribution in [0.15, 0.2) is 4.99 Å². The van der Waals surface area contributed by atoms with Gasteiger partial charge in [0.25, 0.3) is 0 Å². The van der Waals surface area contributed by atoms with Crippen LogP contribution >= 0.6 is 12.4 Å². The summed E-state index contributed by atoms with van der Waals surface area (Å²) in [6, 6.07) is 1.80. The zero-order valence-corrected chi connectivity index (χ0v) is 9.33. The predicted octanol–water partition coefficient (Wildman–Crippen LogP) is 0.307. The summed E-state index contributed by atoms with van der Waals surface area (Å²) < 4.78 is 0. The van der Waals surface area contributed by atoms with E-state index in [-0.39, 0.29) is 18.4 Å². The van der Waals surface area contributed by atoms with Crippen LogP contribution in [-0.2, 0) is 0 Å². The Hall–Kier alpha value is -0.480. The Morgan fingerprint density at radius 1 is 1.21 bits per heavy atom. The van der Waals surface area contributed by atoms with Crippen LogP contribution in [0.5, 0.6) is 0 Å². The molecule has 4 nitrogen and oxygen atoms in total. The summed E-state index contributed by atoms with van der Waals surface area (Å²) in [5, 5.41) is 0. The van der Waals surface area contributed by atoms with Crippen LogP contribution in [0.3, 0.4) is 0 Å². The lowest BCUT2D eigenvalue weighted by Crippen LogP contribution is -2.42. The van der Waals surface area contributed by atoms with Gasteiger partial charge in [-0.2, -0.15) is 0 Å². The maximum atomic E-state index is 5.38. The fourth-order valence-corrected chi connectivity index (χ4v) is 2.70. The number of hydrogen-bond acceptors (Lipinski definition) is 2. The molecule has 14 heavy (non-hydrogen) atoms. The van der Waals surface area contributed by atoms with E-state index in [2.05, 4.69) is 16.9 Å². The Morgan fingerprint density at radius 3 is 2.14 bits per heavy atom. The molecule has 2 rings (SSSR count). The fraction of sp³-hybridized carbons (Fsp3) is 0.889. The van der Waals surface area contributed by atoms with Crippen LogP contribution in [0.4, 0.5) is 0 Å². The van der Waals surface area contributed by atoms with Gasteiger partial charge < -0.3 is 16.4 Å². The van der Waals surface area contributed by atoms with E-state index < -0.39 is 0 Å². The van der Waals surface area contributed by atoms with Crippen molar-refractivity contribution in [1.29, 1.82) is 0 Å². The molecule has 82 valence electrons. The van der Waals surface area contributed by atoms with Gasteiger partial charge in [0.05, 0.1) is 6.04 Å². The average Bonchev–Trinajstić information content (AvgIpc) is 2.33. The van der Waals surface area contributed by atoms with Crippen molar-refractivity contribution in [1.82, 2.24) is 4.90 Å². The molecule has 0 amide bonds. The first-order valence-corrected chi connectivity index (χ1v) is 4.97. The average molecular weight is 219 g/mol. The monoisotopic (exact) mass is 218 g/mol. The number of halogens is 1. The van der Waals surface area contributed by atoms with E-state index in [1.165, 1.54) is 12.8 Å². The topological polar surface area (TPSA) is 67.6 Å². The van der Waals surface area contributed by atoms with Crippen molar-refractivity contribution < 1.29 is 0 Å². The highest BCUT2D eigenvalue weighted by Gasteiger charge is 2.38. The van der Waals surface area contributed by atoms with Crippen LogP contribution < -0.4 is 11.5 Å². The molecule has 0 saturated carbocycles. The van der Waals surface area contributed by atoms with Crippen LogP contribution in [0.2, 0.25) is 0 Å². The van der Waals surface area contributed by atoms with Gasteiger partial charge in [-0.05, 0) is 32.7 Å². The second-order valence-corrected chi connectivity index (χ2v) is 4.23. The number of nitrogens with two attached hydrogens (primary N) is 2. The first kappa shape index (κ1) is 11.6. The second kappa shape index (κ2) is 4.36. The van der Waals surface area contributed by atoms with E-state index in [1.54, 1.807) is 0 Å².